The Hall–Kier alpha value is -1.91. The number of hydrogen-bond acceptors (Lipinski definition) is 8. The third-order valence-electron chi connectivity index (χ3n) is 6.46. The quantitative estimate of drug-likeness (QED) is 0.164. The molecule has 0 bridgehead atoms. The summed E-state index contributed by atoms with van der Waals surface area (Å²) in [6.07, 6.45) is 5.18. The Morgan fingerprint density at radius 3 is 2.49 bits per heavy atom. The van der Waals surface area contributed by atoms with Gasteiger partial charge in [-0.25, -0.2) is 0 Å². The Labute approximate surface area is 230 Å². The average Bonchev–Trinajstić information content (AvgIpc) is 3.46. The van der Waals surface area contributed by atoms with Crippen LogP contribution in [0.3, 0.4) is 0 Å². The van der Waals surface area contributed by atoms with Crippen molar-refractivity contribution in [3.63, 3.8) is 0 Å². The number of methoxy groups -OCH3 is 1. The average molecular weight is 600 g/mol. The van der Waals surface area contributed by atoms with Crippen LogP contribution in [0.4, 0.5) is 0 Å². The minimum absolute atomic E-state index is 0.0328. The SMILES string of the molecule is CC[C@H](C)[C@H](NC(=O)[C@@H]1CCCN1)C(=O)[Se]N[C@@H](CCSC)C(=O)N[C@@H](Cc1ccccc1)C(=O)OC. The molecule has 1 saturated heterocycles. The van der Waals surface area contributed by atoms with Gasteiger partial charge in [-0.1, -0.05) is 0 Å². The van der Waals surface area contributed by atoms with Gasteiger partial charge in [-0.05, 0) is 0 Å². The van der Waals surface area contributed by atoms with Crippen LogP contribution in [0.25, 0.3) is 0 Å². The first kappa shape index (κ1) is 31.3. The molecular weight excluding hydrogens is 559 g/mol. The van der Waals surface area contributed by atoms with Crippen LogP contribution in [0.2, 0.25) is 0 Å². The zero-order valence-electron chi connectivity index (χ0n) is 22.1. The summed E-state index contributed by atoms with van der Waals surface area (Å²) in [6, 6.07) is 7.04. The van der Waals surface area contributed by atoms with Crippen LogP contribution in [-0.2, 0) is 30.3 Å². The molecule has 11 heteroatoms. The van der Waals surface area contributed by atoms with Gasteiger partial charge in [0.25, 0.3) is 0 Å². The number of carbonyl (C=O) groups is 4. The molecule has 9 nitrogen and oxygen atoms in total. The summed E-state index contributed by atoms with van der Waals surface area (Å²) < 4.78 is 7.96. The summed E-state index contributed by atoms with van der Waals surface area (Å²) in [7, 11) is 1.29. The van der Waals surface area contributed by atoms with Crippen molar-refractivity contribution < 1.29 is 23.9 Å². The second-order valence-electron chi connectivity index (χ2n) is 9.17. The Morgan fingerprint density at radius 1 is 1.16 bits per heavy atom. The van der Waals surface area contributed by atoms with Crippen LogP contribution in [0.1, 0.15) is 45.1 Å². The summed E-state index contributed by atoms with van der Waals surface area (Å²) in [6.45, 7) is 4.73. The van der Waals surface area contributed by atoms with Crippen molar-refractivity contribution in [3.05, 3.63) is 35.9 Å². The number of thioether (sulfide) groups is 1. The Balaban J connectivity index is 2.05. The van der Waals surface area contributed by atoms with Gasteiger partial charge in [0.2, 0.25) is 0 Å². The van der Waals surface area contributed by atoms with Crippen LogP contribution >= 0.6 is 11.8 Å². The summed E-state index contributed by atoms with van der Waals surface area (Å²) in [4.78, 5) is 51.5. The second-order valence-corrected chi connectivity index (χ2v) is 11.9. The molecule has 0 saturated carbocycles. The molecule has 1 aromatic carbocycles. The molecule has 1 heterocycles. The number of rotatable bonds is 16. The number of nitrogens with one attached hydrogen (secondary N) is 4. The summed E-state index contributed by atoms with van der Waals surface area (Å²) >= 11 is 0.853. The molecule has 0 radical (unpaired) electrons. The van der Waals surface area contributed by atoms with Crippen LogP contribution in [-0.4, -0.2) is 87.5 Å². The van der Waals surface area contributed by atoms with Crippen LogP contribution in [0.5, 0.6) is 0 Å². The zero-order chi connectivity index (χ0) is 27.2. The summed E-state index contributed by atoms with van der Waals surface area (Å²) in [5.74, 6) is -0.354. The topological polar surface area (TPSA) is 126 Å². The first-order valence-electron chi connectivity index (χ1n) is 12.7. The Kier molecular flexibility index (Phi) is 14.2. The predicted molar refractivity (Wildman–Crippen MR) is 147 cm³/mol. The predicted octanol–water partition coefficient (Wildman–Crippen LogP) is 1.03. The molecule has 4 N–H and O–H groups in total. The van der Waals surface area contributed by atoms with E-state index < -0.39 is 39.3 Å². The number of amides is 2. The summed E-state index contributed by atoms with van der Waals surface area (Å²) in [5, 5.41) is 8.93. The second kappa shape index (κ2) is 16.8. The van der Waals surface area contributed by atoms with E-state index in [0.717, 1.165) is 31.4 Å². The van der Waals surface area contributed by atoms with E-state index in [1.54, 1.807) is 11.8 Å². The van der Waals surface area contributed by atoms with Gasteiger partial charge in [-0.15, -0.1) is 0 Å². The molecule has 0 spiro atoms. The van der Waals surface area contributed by atoms with Crippen LogP contribution < -0.4 is 20.3 Å². The van der Waals surface area contributed by atoms with Crippen molar-refractivity contribution in [2.24, 2.45) is 5.92 Å². The molecule has 0 unspecified atom stereocenters. The van der Waals surface area contributed by atoms with Gasteiger partial charge in [0.15, 0.2) is 0 Å². The maximum atomic E-state index is 13.2. The number of benzene rings is 1. The monoisotopic (exact) mass is 600 g/mol. The molecule has 2 rings (SSSR count). The molecule has 1 aliphatic rings. The van der Waals surface area contributed by atoms with Crippen molar-refractivity contribution in [1.29, 1.82) is 0 Å². The van der Waals surface area contributed by atoms with Crippen molar-refractivity contribution in [1.82, 2.24) is 20.3 Å². The first-order chi connectivity index (χ1) is 17.8. The number of ether oxygens (including phenoxy) is 1. The van der Waals surface area contributed by atoms with E-state index in [1.807, 2.05) is 50.4 Å². The van der Waals surface area contributed by atoms with Crippen molar-refractivity contribution in [3.8, 4) is 0 Å². The first-order valence-corrected chi connectivity index (χ1v) is 15.8. The van der Waals surface area contributed by atoms with Crippen molar-refractivity contribution >= 4 is 49.4 Å². The Morgan fingerprint density at radius 2 is 1.89 bits per heavy atom. The van der Waals surface area contributed by atoms with E-state index in [0.29, 0.717) is 18.6 Å². The fourth-order valence-corrected chi connectivity index (χ4v) is 6.32. The van der Waals surface area contributed by atoms with Gasteiger partial charge in [-0.2, -0.15) is 0 Å². The zero-order valence-corrected chi connectivity index (χ0v) is 24.6. The van der Waals surface area contributed by atoms with E-state index in [9.17, 15) is 19.2 Å². The van der Waals surface area contributed by atoms with Gasteiger partial charge >= 0.3 is 231 Å². The van der Waals surface area contributed by atoms with Gasteiger partial charge in [0, 0.05) is 0 Å². The molecular formula is C26H40N4O5SSe. The third-order valence-corrected chi connectivity index (χ3v) is 8.90. The number of carbonyl (C=O) groups excluding carboxylic acids is 4. The number of esters is 1. The molecule has 0 aliphatic carbocycles. The molecule has 1 aliphatic heterocycles. The molecule has 2 amide bonds. The minimum atomic E-state index is -0.840. The maximum absolute atomic E-state index is 13.2. The molecule has 37 heavy (non-hydrogen) atoms. The van der Waals surface area contributed by atoms with Gasteiger partial charge in [-0.3, -0.25) is 0 Å². The van der Waals surface area contributed by atoms with E-state index >= 15 is 0 Å². The van der Waals surface area contributed by atoms with Crippen molar-refractivity contribution in [2.45, 2.75) is 70.1 Å². The molecule has 206 valence electrons. The van der Waals surface area contributed by atoms with Crippen molar-refractivity contribution in [2.75, 3.05) is 25.7 Å². The van der Waals surface area contributed by atoms with E-state index in [4.69, 9.17) is 4.74 Å². The molecule has 1 fully saturated rings. The van der Waals surface area contributed by atoms with Gasteiger partial charge < -0.3 is 0 Å². The standard InChI is InChI=1S/C26H40N4O5SSe/c1-5-17(2)22(29-23(31)19-12-9-14-27-19)26(34)37-30-20(13-15-36-4)24(32)28-21(25(33)35-3)16-18-10-7-6-8-11-18/h6-8,10-11,17,19-22,27,30H,5,9,12-16H2,1-4H3,(H,28,32)(H,29,31)/t17-,19-,20-,21-,22-/m0/s1. The Bertz CT molecular complexity index is 885. The van der Waals surface area contributed by atoms with E-state index in [2.05, 4.69) is 20.3 Å². The van der Waals surface area contributed by atoms with Gasteiger partial charge in [0.1, 0.15) is 0 Å². The fraction of sp³-hybridized carbons (Fsp3) is 0.615. The fourth-order valence-electron chi connectivity index (χ4n) is 3.96. The molecule has 5 atom stereocenters. The summed E-state index contributed by atoms with van der Waals surface area (Å²) in [5.41, 5.74) is 0.898. The van der Waals surface area contributed by atoms with Crippen LogP contribution in [0, 0.1) is 5.92 Å². The molecule has 1 aromatic rings. The normalized spacial score (nSPS) is 18.3. The number of hydrogen-bond donors (Lipinski definition) is 4. The van der Waals surface area contributed by atoms with Crippen LogP contribution in [0.15, 0.2) is 30.3 Å². The molecule has 0 aromatic heterocycles. The third kappa shape index (κ3) is 10.4. The van der Waals surface area contributed by atoms with Gasteiger partial charge in [0.05, 0.1) is 0 Å². The van der Waals surface area contributed by atoms with E-state index in [-0.39, 0.29) is 28.5 Å². The van der Waals surface area contributed by atoms with E-state index in [1.165, 1.54) is 7.11 Å².